The van der Waals surface area contributed by atoms with Gasteiger partial charge in [-0.15, -0.1) is 0 Å². The molecule has 1 aromatic rings. The van der Waals surface area contributed by atoms with Crippen LogP contribution in [0.25, 0.3) is 0 Å². The molecule has 2 aliphatic rings. The van der Waals surface area contributed by atoms with Gasteiger partial charge in [0.1, 0.15) is 6.26 Å². The number of furan rings is 1. The first-order valence-corrected chi connectivity index (χ1v) is 9.08. The second kappa shape index (κ2) is 5.36. The van der Waals surface area contributed by atoms with Gasteiger partial charge in [0, 0.05) is 31.6 Å². The number of nitrogens with zero attached hydrogens (tertiary/aromatic N) is 2. The van der Waals surface area contributed by atoms with Gasteiger partial charge in [0.05, 0.1) is 24.7 Å². The Hall–Kier alpha value is -1.38. The number of likely N-dealkylation sites (tertiary alicyclic amines) is 1. The highest BCUT2D eigenvalue weighted by molar-refractivity contribution is 7.88. The number of piperidine rings is 1. The number of carbonyl (C=O) groups excluding carboxylic acids is 1. The van der Waals surface area contributed by atoms with Gasteiger partial charge in [-0.1, -0.05) is 0 Å². The minimum Gasteiger partial charge on any atom is -0.472 e. The van der Waals surface area contributed by atoms with Crippen LogP contribution < -0.4 is 0 Å². The van der Waals surface area contributed by atoms with Crippen LogP contribution in [0.5, 0.6) is 0 Å². The van der Waals surface area contributed by atoms with E-state index >= 15 is 0 Å². The molecule has 3 rings (SSSR count). The van der Waals surface area contributed by atoms with Crippen LogP contribution in [-0.2, 0) is 10.0 Å². The average molecular weight is 328 g/mol. The van der Waals surface area contributed by atoms with Crippen LogP contribution in [0.3, 0.4) is 0 Å². The van der Waals surface area contributed by atoms with Crippen LogP contribution in [-0.4, -0.2) is 67.7 Å². The monoisotopic (exact) mass is 328 g/mol. The normalized spacial score (nSPS) is 29.5. The van der Waals surface area contributed by atoms with Crippen molar-refractivity contribution in [2.75, 3.05) is 39.0 Å². The average Bonchev–Trinajstić information content (AvgIpc) is 3.12. The first kappa shape index (κ1) is 15.5. The molecular formula is C14H20N2O5S. The van der Waals surface area contributed by atoms with Crippen molar-refractivity contribution in [1.29, 1.82) is 0 Å². The van der Waals surface area contributed by atoms with Crippen molar-refractivity contribution >= 4 is 15.9 Å². The molecule has 0 unspecified atom stereocenters. The summed E-state index contributed by atoms with van der Waals surface area (Å²) in [6.45, 7) is 1.49. The minimum absolute atomic E-state index is 0.0839. The first-order valence-electron chi connectivity index (χ1n) is 7.23. The molecule has 0 radical (unpaired) electrons. The molecule has 3 heterocycles. The van der Waals surface area contributed by atoms with Crippen LogP contribution in [0.15, 0.2) is 23.0 Å². The van der Waals surface area contributed by atoms with Crippen molar-refractivity contribution in [1.82, 2.24) is 9.21 Å². The van der Waals surface area contributed by atoms with Crippen LogP contribution in [0.4, 0.5) is 0 Å². The number of carbonyl (C=O) groups is 1. The van der Waals surface area contributed by atoms with E-state index in [9.17, 15) is 18.3 Å². The van der Waals surface area contributed by atoms with E-state index in [0.717, 1.165) is 0 Å². The van der Waals surface area contributed by atoms with Crippen LogP contribution in [0.1, 0.15) is 16.8 Å². The highest BCUT2D eigenvalue weighted by Gasteiger charge is 2.52. The molecule has 2 atom stereocenters. The van der Waals surface area contributed by atoms with Gasteiger partial charge in [0.15, 0.2) is 0 Å². The molecule has 1 amide bonds. The van der Waals surface area contributed by atoms with E-state index in [0.29, 0.717) is 31.6 Å². The zero-order valence-electron chi connectivity index (χ0n) is 12.4. The molecule has 22 heavy (non-hydrogen) atoms. The quantitative estimate of drug-likeness (QED) is 0.843. The van der Waals surface area contributed by atoms with Crippen LogP contribution >= 0.6 is 0 Å². The molecule has 8 heteroatoms. The SMILES string of the molecule is CS(=O)(=O)N1C[C@@H]2CCN(C(=O)c3ccoc3)C[C@]2(CO)C1. The Labute approximate surface area is 129 Å². The summed E-state index contributed by atoms with van der Waals surface area (Å²) in [5, 5.41) is 9.89. The Morgan fingerprint density at radius 3 is 2.86 bits per heavy atom. The Kier molecular flexibility index (Phi) is 3.78. The highest BCUT2D eigenvalue weighted by Crippen LogP contribution is 2.42. The molecule has 2 aliphatic heterocycles. The second-order valence-electron chi connectivity index (χ2n) is 6.30. The fourth-order valence-electron chi connectivity index (χ4n) is 3.56. The van der Waals surface area contributed by atoms with E-state index in [-0.39, 0.29) is 25.0 Å². The number of aliphatic hydroxyl groups excluding tert-OH is 1. The molecule has 0 saturated carbocycles. The van der Waals surface area contributed by atoms with Gasteiger partial charge in [0.25, 0.3) is 5.91 Å². The lowest BCUT2D eigenvalue weighted by molar-refractivity contribution is 0.0129. The summed E-state index contributed by atoms with van der Waals surface area (Å²) in [5.41, 5.74) is -0.0923. The van der Waals surface area contributed by atoms with Crippen LogP contribution in [0.2, 0.25) is 0 Å². The summed E-state index contributed by atoms with van der Waals surface area (Å²) in [7, 11) is -3.29. The topological polar surface area (TPSA) is 91.1 Å². The number of sulfonamides is 1. The smallest absolute Gasteiger partial charge is 0.257 e. The Morgan fingerprint density at radius 2 is 2.27 bits per heavy atom. The number of fused-ring (bicyclic) bond motifs is 1. The van der Waals surface area contributed by atoms with Gasteiger partial charge in [0.2, 0.25) is 10.0 Å². The highest BCUT2D eigenvalue weighted by atomic mass is 32.2. The van der Waals surface area contributed by atoms with E-state index < -0.39 is 15.4 Å². The van der Waals surface area contributed by atoms with Gasteiger partial charge >= 0.3 is 0 Å². The Morgan fingerprint density at radius 1 is 1.50 bits per heavy atom. The fourth-order valence-corrected chi connectivity index (χ4v) is 4.50. The Balaban J connectivity index is 1.81. The molecule has 1 N–H and O–H groups in total. The van der Waals surface area contributed by atoms with Gasteiger partial charge in [-0.2, -0.15) is 0 Å². The summed E-state index contributed by atoms with van der Waals surface area (Å²) >= 11 is 0. The third kappa shape index (κ3) is 2.55. The van der Waals surface area contributed by atoms with Gasteiger partial charge < -0.3 is 14.4 Å². The molecule has 2 fully saturated rings. The van der Waals surface area contributed by atoms with E-state index in [1.54, 1.807) is 11.0 Å². The molecule has 7 nitrogen and oxygen atoms in total. The maximum absolute atomic E-state index is 12.4. The largest absolute Gasteiger partial charge is 0.472 e. The maximum atomic E-state index is 12.4. The lowest BCUT2D eigenvalue weighted by atomic mass is 9.74. The second-order valence-corrected chi connectivity index (χ2v) is 8.28. The number of hydrogen-bond acceptors (Lipinski definition) is 5. The Bertz CT molecular complexity index is 657. The number of aliphatic hydroxyl groups is 1. The summed E-state index contributed by atoms with van der Waals surface area (Å²) in [6, 6.07) is 1.61. The number of rotatable bonds is 3. The minimum atomic E-state index is -3.29. The third-order valence-electron chi connectivity index (χ3n) is 4.87. The molecule has 1 aromatic heterocycles. The molecule has 0 spiro atoms. The first-order chi connectivity index (χ1) is 10.4. The maximum Gasteiger partial charge on any atom is 0.257 e. The summed E-state index contributed by atoms with van der Waals surface area (Å²) in [4.78, 5) is 14.1. The van der Waals surface area contributed by atoms with Gasteiger partial charge in [-0.25, -0.2) is 12.7 Å². The van der Waals surface area contributed by atoms with E-state index in [4.69, 9.17) is 4.42 Å². The number of hydrogen-bond donors (Lipinski definition) is 1. The standard InChI is InChI=1S/C14H20N2O5S/c1-22(19,20)16-6-12-2-4-15(8-14(12,9-16)10-17)13(18)11-3-5-21-7-11/h3,5,7,12,17H,2,4,6,8-10H2,1H3/t12-,14+/m0/s1. The van der Waals surface area contributed by atoms with Crippen molar-refractivity contribution in [3.05, 3.63) is 24.2 Å². The van der Waals surface area contributed by atoms with E-state index in [1.165, 1.54) is 23.1 Å². The lowest BCUT2D eigenvalue weighted by Crippen LogP contribution is -2.52. The van der Waals surface area contributed by atoms with Gasteiger partial charge in [-0.3, -0.25) is 4.79 Å². The molecule has 2 saturated heterocycles. The van der Waals surface area contributed by atoms with E-state index in [2.05, 4.69) is 0 Å². The van der Waals surface area contributed by atoms with Crippen molar-refractivity contribution < 1.29 is 22.7 Å². The summed E-state index contributed by atoms with van der Waals surface area (Å²) in [5.74, 6) is -0.0570. The number of amides is 1. The fraction of sp³-hybridized carbons (Fsp3) is 0.643. The predicted octanol–water partition coefficient (Wildman–Crippen LogP) is -0.00440. The van der Waals surface area contributed by atoms with Crippen molar-refractivity contribution in [2.24, 2.45) is 11.3 Å². The van der Waals surface area contributed by atoms with E-state index in [1.807, 2.05) is 0 Å². The molecule has 0 aromatic carbocycles. The zero-order chi connectivity index (χ0) is 16.0. The van der Waals surface area contributed by atoms with Gasteiger partial charge in [-0.05, 0) is 18.4 Å². The molecule has 0 bridgehead atoms. The summed E-state index contributed by atoms with van der Waals surface area (Å²) in [6.07, 6.45) is 4.72. The third-order valence-corrected chi connectivity index (χ3v) is 6.09. The molecule has 0 aliphatic carbocycles. The summed E-state index contributed by atoms with van der Waals surface area (Å²) < 4.78 is 29.9. The van der Waals surface area contributed by atoms with Crippen molar-refractivity contribution in [3.8, 4) is 0 Å². The molecular weight excluding hydrogens is 308 g/mol. The van der Waals surface area contributed by atoms with Crippen molar-refractivity contribution in [2.45, 2.75) is 6.42 Å². The van der Waals surface area contributed by atoms with Crippen molar-refractivity contribution in [3.63, 3.8) is 0 Å². The zero-order valence-corrected chi connectivity index (χ0v) is 13.3. The predicted molar refractivity (Wildman–Crippen MR) is 78.7 cm³/mol. The molecule has 122 valence electrons. The van der Waals surface area contributed by atoms with Crippen LogP contribution in [0, 0.1) is 11.3 Å². The lowest BCUT2D eigenvalue weighted by Gasteiger charge is -2.43.